The Bertz CT molecular complexity index is 255. The first-order valence-corrected chi connectivity index (χ1v) is 8.03. The van der Waals surface area contributed by atoms with Gasteiger partial charge in [-0.25, -0.2) is 0 Å². The van der Waals surface area contributed by atoms with Crippen LogP contribution in [0, 0.1) is 11.8 Å². The fourth-order valence-corrected chi connectivity index (χ4v) is 3.51. The van der Waals surface area contributed by atoms with Crippen molar-refractivity contribution in [2.45, 2.75) is 51.7 Å². The first-order chi connectivity index (χ1) is 9.08. The second-order valence-electron chi connectivity index (χ2n) is 7.06. The molecular formula is C16H32N2O. The third-order valence-corrected chi connectivity index (χ3v) is 4.90. The lowest BCUT2D eigenvalue weighted by Gasteiger charge is -2.42. The Balaban J connectivity index is 1.63. The molecule has 0 aromatic carbocycles. The van der Waals surface area contributed by atoms with Crippen LogP contribution in [0.25, 0.3) is 0 Å². The Morgan fingerprint density at radius 3 is 2.37 bits per heavy atom. The highest BCUT2D eigenvalue weighted by Crippen LogP contribution is 2.29. The van der Waals surface area contributed by atoms with Crippen LogP contribution in [0.2, 0.25) is 0 Å². The summed E-state index contributed by atoms with van der Waals surface area (Å²) >= 11 is 0. The maximum atomic E-state index is 5.37. The summed E-state index contributed by atoms with van der Waals surface area (Å²) in [5, 5.41) is 0. The number of methoxy groups -OCH3 is 1. The molecule has 0 radical (unpaired) electrons. The fourth-order valence-electron chi connectivity index (χ4n) is 3.51. The summed E-state index contributed by atoms with van der Waals surface area (Å²) in [6, 6.07) is 0.777. The van der Waals surface area contributed by atoms with Crippen LogP contribution in [-0.4, -0.2) is 62.3 Å². The van der Waals surface area contributed by atoms with Crippen molar-refractivity contribution in [2.24, 2.45) is 11.8 Å². The number of ether oxygens (including phenoxy) is 1. The molecule has 3 nitrogen and oxygen atoms in total. The second kappa shape index (κ2) is 7.05. The maximum Gasteiger partial charge on any atom is 0.0601 e. The molecule has 1 saturated heterocycles. The quantitative estimate of drug-likeness (QED) is 0.736. The van der Waals surface area contributed by atoms with Crippen molar-refractivity contribution < 1.29 is 4.74 Å². The highest BCUT2D eigenvalue weighted by molar-refractivity contribution is 4.88. The van der Waals surface area contributed by atoms with Gasteiger partial charge in [-0.3, -0.25) is 0 Å². The monoisotopic (exact) mass is 268 g/mol. The zero-order valence-electron chi connectivity index (χ0n) is 13.3. The smallest absolute Gasteiger partial charge is 0.0601 e. The summed E-state index contributed by atoms with van der Waals surface area (Å²) in [7, 11) is 4.14. The SMILES string of the molecule is COC1CC(N(C)CC2CCN(CC(C)C)CC2)C1. The zero-order valence-corrected chi connectivity index (χ0v) is 13.3. The van der Waals surface area contributed by atoms with Crippen molar-refractivity contribution in [3.05, 3.63) is 0 Å². The van der Waals surface area contributed by atoms with Crippen molar-refractivity contribution in [1.29, 1.82) is 0 Å². The van der Waals surface area contributed by atoms with Gasteiger partial charge >= 0.3 is 0 Å². The summed E-state index contributed by atoms with van der Waals surface area (Å²) in [4.78, 5) is 5.23. The molecule has 1 heterocycles. The number of likely N-dealkylation sites (tertiary alicyclic amines) is 1. The molecular weight excluding hydrogens is 236 g/mol. The van der Waals surface area contributed by atoms with E-state index in [1.807, 2.05) is 7.11 Å². The third-order valence-electron chi connectivity index (χ3n) is 4.90. The Kier molecular flexibility index (Phi) is 5.67. The first-order valence-electron chi connectivity index (χ1n) is 8.03. The van der Waals surface area contributed by atoms with Crippen LogP contribution >= 0.6 is 0 Å². The molecule has 2 aliphatic rings. The van der Waals surface area contributed by atoms with E-state index < -0.39 is 0 Å². The number of hydrogen-bond acceptors (Lipinski definition) is 3. The molecule has 0 atom stereocenters. The molecule has 2 rings (SSSR count). The van der Waals surface area contributed by atoms with E-state index in [1.54, 1.807) is 0 Å². The lowest BCUT2D eigenvalue weighted by Crippen LogP contribution is -2.48. The topological polar surface area (TPSA) is 15.7 Å². The zero-order chi connectivity index (χ0) is 13.8. The van der Waals surface area contributed by atoms with Crippen LogP contribution < -0.4 is 0 Å². The van der Waals surface area contributed by atoms with Gasteiger partial charge in [-0.15, -0.1) is 0 Å². The average molecular weight is 268 g/mol. The second-order valence-corrected chi connectivity index (χ2v) is 7.06. The molecule has 0 N–H and O–H groups in total. The van der Waals surface area contributed by atoms with Crippen molar-refractivity contribution in [3.63, 3.8) is 0 Å². The lowest BCUT2D eigenvalue weighted by molar-refractivity contribution is -0.0254. The standard InChI is InChI=1S/C16H32N2O/c1-13(2)11-18-7-5-14(6-8-18)12-17(3)15-9-16(10-15)19-4/h13-16H,5-12H2,1-4H3. The normalized spacial score (nSPS) is 30.0. The molecule has 1 saturated carbocycles. The van der Waals surface area contributed by atoms with Crippen LogP contribution in [0.3, 0.4) is 0 Å². The molecule has 0 amide bonds. The lowest BCUT2D eigenvalue weighted by atomic mass is 9.86. The van der Waals surface area contributed by atoms with E-state index in [-0.39, 0.29) is 0 Å². The Hall–Kier alpha value is -0.120. The highest BCUT2D eigenvalue weighted by atomic mass is 16.5. The summed E-state index contributed by atoms with van der Waals surface area (Å²) < 4.78 is 5.37. The number of hydrogen-bond donors (Lipinski definition) is 0. The third kappa shape index (κ3) is 4.44. The van der Waals surface area contributed by atoms with E-state index >= 15 is 0 Å². The van der Waals surface area contributed by atoms with Gasteiger partial charge in [0.2, 0.25) is 0 Å². The van der Waals surface area contributed by atoms with Crippen LogP contribution in [0.4, 0.5) is 0 Å². The summed E-state index contributed by atoms with van der Waals surface area (Å²) in [5.41, 5.74) is 0. The van der Waals surface area contributed by atoms with Crippen LogP contribution in [-0.2, 0) is 4.74 Å². The Morgan fingerprint density at radius 2 is 1.84 bits per heavy atom. The molecule has 112 valence electrons. The predicted molar refractivity (Wildman–Crippen MR) is 80.5 cm³/mol. The first kappa shape index (κ1) is 15.3. The van der Waals surface area contributed by atoms with Crippen molar-refractivity contribution in [3.8, 4) is 0 Å². The van der Waals surface area contributed by atoms with Gasteiger partial charge in [0.25, 0.3) is 0 Å². The van der Waals surface area contributed by atoms with Gasteiger partial charge in [-0.05, 0) is 57.7 Å². The Labute approximate surface area is 119 Å². The molecule has 1 aliphatic carbocycles. The van der Waals surface area contributed by atoms with Crippen molar-refractivity contribution in [1.82, 2.24) is 9.80 Å². The van der Waals surface area contributed by atoms with Crippen molar-refractivity contribution >= 4 is 0 Å². The van der Waals surface area contributed by atoms with Gasteiger partial charge in [0, 0.05) is 26.2 Å². The van der Waals surface area contributed by atoms with E-state index in [9.17, 15) is 0 Å². The van der Waals surface area contributed by atoms with Crippen LogP contribution in [0.1, 0.15) is 39.5 Å². The van der Waals surface area contributed by atoms with Gasteiger partial charge in [0.05, 0.1) is 6.10 Å². The highest BCUT2D eigenvalue weighted by Gasteiger charge is 2.33. The largest absolute Gasteiger partial charge is 0.381 e. The molecule has 0 aromatic rings. The van der Waals surface area contributed by atoms with E-state index in [1.165, 1.54) is 51.9 Å². The van der Waals surface area contributed by atoms with Gasteiger partial charge < -0.3 is 14.5 Å². The molecule has 19 heavy (non-hydrogen) atoms. The molecule has 0 aromatic heterocycles. The van der Waals surface area contributed by atoms with E-state index in [0.29, 0.717) is 6.10 Å². The summed E-state index contributed by atoms with van der Waals surface area (Å²) in [6.45, 7) is 9.83. The van der Waals surface area contributed by atoms with E-state index in [4.69, 9.17) is 4.74 Å². The number of nitrogens with zero attached hydrogens (tertiary/aromatic N) is 2. The summed E-state index contributed by atoms with van der Waals surface area (Å²) in [5.74, 6) is 1.72. The van der Waals surface area contributed by atoms with Crippen molar-refractivity contribution in [2.75, 3.05) is 40.3 Å². The molecule has 0 spiro atoms. The van der Waals surface area contributed by atoms with Crippen LogP contribution in [0.5, 0.6) is 0 Å². The van der Waals surface area contributed by atoms with Gasteiger partial charge in [-0.1, -0.05) is 13.8 Å². The minimum atomic E-state index is 0.528. The molecule has 0 unspecified atom stereocenters. The molecule has 2 fully saturated rings. The molecule has 0 bridgehead atoms. The number of piperidine rings is 1. The van der Waals surface area contributed by atoms with Gasteiger partial charge in [0.1, 0.15) is 0 Å². The van der Waals surface area contributed by atoms with Crippen LogP contribution in [0.15, 0.2) is 0 Å². The Morgan fingerprint density at radius 1 is 1.21 bits per heavy atom. The summed E-state index contributed by atoms with van der Waals surface area (Å²) in [6.07, 6.45) is 5.77. The molecule has 1 aliphatic heterocycles. The van der Waals surface area contributed by atoms with Gasteiger partial charge in [-0.2, -0.15) is 0 Å². The van der Waals surface area contributed by atoms with Gasteiger partial charge in [0.15, 0.2) is 0 Å². The fraction of sp³-hybridized carbons (Fsp3) is 1.00. The minimum Gasteiger partial charge on any atom is -0.381 e. The van der Waals surface area contributed by atoms with E-state index in [2.05, 4.69) is 30.7 Å². The number of rotatable bonds is 6. The maximum absolute atomic E-state index is 5.37. The average Bonchev–Trinajstić information content (AvgIpc) is 2.29. The predicted octanol–water partition coefficient (Wildman–Crippen LogP) is 2.46. The molecule has 3 heteroatoms. The minimum absolute atomic E-state index is 0.528. The van der Waals surface area contributed by atoms with E-state index in [0.717, 1.165) is 17.9 Å².